The van der Waals surface area contributed by atoms with Gasteiger partial charge in [-0.2, -0.15) is 0 Å². The molecule has 0 aromatic carbocycles. The molecule has 0 aromatic heterocycles. The maximum atomic E-state index is 5.84. The number of hydrogen-bond acceptors (Lipinski definition) is 3. The summed E-state index contributed by atoms with van der Waals surface area (Å²) >= 11 is 0. The maximum absolute atomic E-state index is 5.84. The van der Waals surface area contributed by atoms with Crippen molar-refractivity contribution in [1.29, 1.82) is 0 Å². The largest absolute Gasteiger partial charge is 0.394 e. The van der Waals surface area contributed by atoms with Crippen LogP contribution in [0, 0.1) is 0 Å². The zero-order valence-electron chi connectivity index (χ0n) is 10.7. The Balaban J connectivity index is 3.96. The molecular weight excluding hydrogens is 208 g/mol. The Hall–Kier alpha value is 0.0969. The van der Waals surface area contributed by atoms with Gasteiger partial charge in [0, 0.05) is 32.5 Å². The van der Waals surface area contributed by atoms with Gasteiger partial charge in [0.15, 0.2) is 0 Å². The summed E-state index contributed by atoms with van der Waals surface area (Å²) in [5.74, 6) is 0. The summed E-state index contributed by atoms with van der Waals surface area (Å²) in [6.07, 6.45) is 1.07. The Morgan fingerprint density at radius 1 is 0.867 bits per heavy atom. The van der Waals surface area contributed by atoms with Crippen LogP contribution >= 0.6 is 0 Å². The molecule has 15 heavy (non-hydrogen) atoms. The fourth-order valence-electron chi connectivity index (χ4n) is 1.57. The molecule has 0 aliphatic carbocycles. The summed E-state index contributed by atoms with van der Waals surface area (Å²) in [5, 5.41) is 0. The Morgan fingerprint density at radius 2 is 1.47 bits per heavy atom. The highest BCUT2D eigenvalue weighted by Gasteiger charge is 2.34. The van der Waals surface area contributed by atoms with Crippen LogP contribution in [0.3, 0.4) is 0 Å². The van der Waals surface area contributed by atoms with Crippen LogP contribution < -0.4 is 0 Å². The van der Waals surface area contributed by atoms with E-state index < -0.39 is 8.56 Å². The summed E-state index contributed by atoms with van der Waals surface area (Å²) in [7, 11) is -1.94. The molecule has 92 valence electrons. The van der Waals surface area contributed by atoms with Crippen molar-refractivity contribution in [1.82, 2.24) is 0 Å². The summed E-state index contributed by atoms with van der Waals surface area (Å²) in [4.78, 5) is 0. The number of hydrogen-bond donors (Lipinski definition) is 0. The number of ether oxygens (including phenoxy) is 1. The van der Waals surface area contributed by atoms with Crippen LogP contribution in [0.2, 0.25) is 12.1 Å². The van der Waals surface area contributed by atoms with E-state index >= 15 is 0 Å². The average molecular weight is 234 g/mol. The predicted octanol–water partition coefficient (Wildman–Crippen LogP) is 2.95. The molecule has 0 aliphatic heterocycles. The first-order valence-corrected chi connectivity index (χ1v) is 8.33. The molecule has 3 nitrogen and oxygen atoms in total. The van der Waals surface area contributed by atoms with E-state index in [1.807, 2.05) is 13.8 Å². The van der Waals surface area contributed by atoms with Crippen LogP contribution in [-0.2, 0) is 13.6 Å². The van der Waals surface area contributed by atoms with Crippen molar-refractivity contribution in [2.24, 2.45) is 0 Å². The van der Waals surface area contributed by atoms with Crippen LogP contribution in [0.5, 0.6) is 0 Å². The molecule has 0 aromatic rings. The highest BCUT2D eigenvalue weighted by molar-refractivity contribution is 6.67. The summed E-state index contributed by atoms with van der Waals surface area (Å²) in [5.41, 5.74) is 0. The van der Waals surface area contributed by atoms with Gasteiger partial charge in [-0.1, -0.05) is 13.8 Å². The van der Waals surface area contributed by atoms with Gasteiger partial charge in [-0.3, -0.25) is 0 Å². The molecule has 0 atom stereocenters. The van der Waals surface area contributed by atoms with E-state index in [0.29, 0.717) is 0 Å². The molecular formula is C11H26O3Si. The molecule has 4 heteroatoms. The van der Waals surface area contributed by atoms with E-state index in [-0.39, 0.29) is 0 Å². The van der Waals surface area contributed by atoms with E-state index in [1.54, 1.807) is 0 Å². The minimum absolute atomic E-state index is 0.744. The summed E-state index contributed by atoms with van der Waals surface area (Å²) in [6, 6.07) is 1.95. The SMILES string of the molecule is CCCOCC[Si](CC)(OCC)OCC. The van der Waals surface area contributed by atoms with Crippen LogP contribution in [0.4, 0.5) is 0 Å². The molecule has 0 heterocycles. The van der Waals surface area contributed by atoms with Gasteiger partial charge in [0.1, 0.15) is 0 Å². The van der Waals surface area contributed by atoms with Crippen molar-refractivity contribution in [2.45, 2.75) is 46.2 Å². The second kappa shape index (κ2) is 9.33. The van der Waals surface area contributed by atoms with Gasteiger partial charge in [-0.25, -0.2) is 0 Å². The third kappa shape index (κ3) is 6.30. The third-order valence-corrected chi connectivity index (χ3v) is 6.00. The first kappa shape index (κ1) is 15.1. The Bertz CT molecular complexity index is 136. The van der Waals surface area contributed by atoms with E-state index in [1.165, 1.54) is 0 Å². The van der Waals surface area contributed by atoms with E-state index in [0.717, 1.165) is 44.9 Å². The zero-order valence-corrected chi connectivity index (χ0v) is 11.7. The lowest BCUT2D eigenvalue weighted by Crippen LogP contribution is -2.42. The molecule has 0 unspecified atom stereocenters. The topological polar surface area (TPSA) is 27.7 Å². The molecule has 0 bridgehead atoms. The highest BCUT2D eigenvalue weighted by atomic mass is 28.4. The lowest BCUT2D eigenvalue weighted by Gasteiger charge is -2.28. The van der Waals surface area contributed by atoms with Crippen molar-refractivity contribution in [3.63, 3.8) is 0 Å². The Morgan fingerprint density at radius 3 is 1.87 bits per heavy atom. The van der Waals surface area contributed by atoms with Crippen LogP contribution in [-0.4, -0.2) is 35.0 Å². The Kier molecular flexibility index (Phi) is 9.39. The van der Waals surface area contributed by atoms with E-state index in [2.05, 4.69) is 13.8 Å². The fourth-order valence-corrected chi connectivity index (χ4v) is 4.21. The van der Waals surface area contributed by atoms with Gasteiger partial charge < -0.3 is 13.6 Å². The van der Waals surface area contributed by atoms with Gasteiger partial charge >= 0.3 is 8.56 Å². The molecule has 0 amide bonds. The molecule has 0 spiro atoms. The lowest BCUT2D eigenvalue weighted by molar-refractivity contribution is 0.127. The van der Waals surface area contributed by atoms with Crippen molar-refractivity contribution in [3.8, 4) is 0 Å². The molecule has 0 rings (SSSR count). The highest BCUT2D eigenvalue weighted by Crippen LogP contribution is 2.18. The predicted molar refractivity (Wildman–Crippen MR) is 65.4 cm³/mol. The second-order valence-corrected chi connectivity index (χ2v) is 7.10. The molecule has 0 radical (unpaired) electrons. The minimum Gasteiger partial charge on any atom is -0.394 e. The van der Waals surface area contributed by atoms with Gasteiger partial charge in [0.05, 0.1) is 0 Å². The smallest absolute Gasteiger partial charge is 0.340 e. The van der Waals surface area contributed by atoms with Crippen LogP contribution in [0.25, 0.3) is 0 Å². The van der Waals surface area contributed by atoms with Crippen LogP contribution in [0.15, 0.2) is 0 Å². The monoisotopic (exact) mass is 234 g/mol. The van der Waals surface area contributed by atoms with E-state index in [4.69, 9.17) is 13.6 Å². The van der Waals surface area contributed by atoms with Crippen molar-refractivity contribution < 1.29 is 13.6 Å². The normalized spacial score (nSPS) is 12.0. The maximum Gasteiger partial charge on any atom is 0.340 e. The Labute approximate surface area is 95.4 Å². The quantitative estimate of drug-likeness (QED) is 0.430. The van der Waals surface area contributed by atoms with E-state index in [9.17, 15) is 0 Å². The number of rotatable bonds is 10. The molecule has 0 saturated carbocycles. The lowest BCUT2D eigenvalue weighted by atomic mass is 10.5. The van der Waals surface area contributed by atoms with Gasteiger partial charge in [0.25, 0.3) is 0 Å². The van der Waals surface area contributed by atoms with Gasteiger partial charge in [-0.05, 0) is 26.3 Å². The fraction of sp³-hybridized carbons (Fsp3) is 1.00. The molecule has 0 N–H and O–H groups in total. The average Bonchev–Trinajstić information content (AvgIpc) is 2.25. The van der Waals surface area contributed by atoms with Gasteiger partial charge in [-0.15, -0.1) is 0 Å². The minimum atomic E-state index is -1.94. The van der Waals surface area contributed by atoms with Crippen molar-refractivity contribution in [3.05, 3.63) is 0 Å². The summed E-state index contributed by atoms with van der Waals surface area (Å²) in [6.45, 7) is 11.4. The zero-order chi connectivity index (χ0) is 11.6. The first-order valence-electron chi connectivity index (χ1n) is 6.10. The molecule has 0 aliphatic rings. The second-order valence-electron chi connectivity index (χ2n) is 3.49. The molecule has 0 saturated heterocycles. The summed E-state index contributed by atoms with van der Waals surface area (Å²) < 4.78 is 17.2. The molecule has 0 fully saturated rings. The van der Waals surface area contributed by atoms with Crippen LogP contribution in [0.1, 0.15) is 34.1 Å². The standard InChI is InChI=1S/C11H26O3Si/c1-5-9-12-10-11-15(8-4,13-6-2)14-7-3/h5-11H2,1-4H3. The third-order valence-electron chi connectivity index (χ3n) is 2.33. The van der Waals surface area contributed by atoms with Crippen molar-refractivity contribution in [2.75, 3.05) is 26.4 Å². The first-order chi connectivity index (χ1) is 7.24. The van der Waals surface area contributed by atoms with Crippen molar-refractivity contribution >= 4 is 8.56 Å². The van der Waals surface area contributed by atoms with Gasteiger partial charge in [0.2, 0.25) is 0 Å².